The molecule has 1 rings (SSSR count). The minimum atomic E-state index is -3.16. The highest BCUT2D eigenvalue weighted by Gasteiger charge is 2.19. The minimum absolute atomic E-state index is 0.00866. The normalized spacial score (nSPS) is 10.2. The number of hydrogen-bond donors (Lipinski definition) is 1. The standard InChI is InChI=1S/C10H10F2N2O4/c1-2-18-8-5-6(13-10(15)9(11)12)3-4-7(8)14(16)17/h3-5,9H,2H2,1H3,(H,13,15). The third-order valence-corrected chi connectivity index (χ3v) is 1.92. The first kappa shape index (κ1) is 13.8. The van der Waals surface area contributed by atoms with E-state index in [1.54, 1.807) is 6.92 Å². The number of carbonyl (C=O) groups is 1. The van der Waals surface area contributed by atoms with Gasteiger partial charge in [-0.25, -0.2) is 0 Å². The Morgan fingerprint density at radius 3 is 2.72 bits per heavy atom. The number of nitro groups is 1. The fraction of sp³-hybridized carbons (Fsp3) is 0.300. The van der Waals surface area contributed by atoms with E-state index in [-0.39, 0.29) is 23.7 Å². The van der Waals surface area contributed by atoms with Crippen molar-refractivity contribution in [1.29, 1.82) is 0 Å². The number of rotatable bonds is 5. The van der Waals surface area contributed by atoms with E-state index in [0.717, 1.165) is 18.2 Å². The molecule has 98 valence electrons. The monoisotopic (exact) mass is 260 g/mol. The van der Waals surface area contributed by atoms with Gasteiger partial charge in [-0.1, -0.05) is 0 Å². The smallest absolute Gasteiger partial charge is 0.315 e. The van der Waals surface area contributed by atoms with Gasteiger partial charge in [-0.3, -0.25) is 14.9 Å². The molecule has 0 unspecified atom stereocenters. The maximum Gasteiger partial charge on any atom is 0.315 e. The Bertz CT molecular complexity index is 465. The number of nitrogens with one attached hydrogen (secondary N) is 1. The van der Waals surface area contributed by atoms with E-state index in [2.05, 4.69) is 0 Å². The van der Waals surface area contributed by atoms with Crippen molar-refractivity contribution in [3.8, 4) is 5.75 Å². The number of nitro benzene ring substituents is 1. The van der Waals surface area contributed by atoms with E-state index in [4.69, 9.17) is 4.74 Å². The molecule has 18 heavy (non-hydrogen) atoms. The summed E-state index contributed by atoms with van der Waals surface area (Å²) in [5.74, 6) is -1.57. The highest BCUT2D eigenvalue weighted by molar-refractivity contribution is 5.93. The highest BCUT2D eigenvalue weighted by Crippen LogP contribution is 2.30. The molecule has 0 fully saturated rings. The van der Waals surface area contributed by atoms with Crippen molar-refractivity contribution in [3.63, 3.8) is 0 Å². The average Bonchev–Trinajstić information content (AvgIpc) is 2.29. The van der Waals surface area contributed by atoms with E-state index in [1.165, 1.54) is 0 Å². The van der Waals surface area contributed by atoms with Gasteiger partial charge in [-0.2, -0.15) is 8.78 Å². The molecule has 0 radical (unpaired) electrons. The van der Waals surface area contributed by atoms with Crippen molar-refractivity contribution >= 4 is 17.3 Å². The molecule has 0 atom stereocenters. The molecule has 0 spiro atoms. The number of alkyl halides is 2. The predicted octanol–water partition coefficient (Wildman–Crippen LogP) is 2.20. The topological polar surface area (TPSA) is 81.5 Å². The Balaban J connectivity index is 2.99. The van der Waals surface area contributed by atoms with Crippen molar-refractivity contribution in [2.45, 2.75) is 13.3 Å². The highest BCUT2D eigenvalue weighted by atomic mass is 19.3. The van der Waals surface area contributed by atoms with Crippen LogP contribution in [0.2, 0.25) is 0 Å². The minimum Gasteiger partial charge on any atom is -0.487 e. The summed E-state index contributed by atoms with van der Waals surface area (Å²) < 4.78 is 29.0. The summed E-state index contributed by atoms with van der Waals surface area (Å²) in [5, 5.41) is 12.6. The molecular weight excluding hydrogens is 250 g/mol. The van der Waals surface area contributed by atoms with E-state index < -0.39 is 17.3 Å². The van der Waals surface area contributed by atoms with Gasteiger partial charge in [0.2, 0.25) is 0 Å². The molecule has 6 nitrogen and oxygen atoms in total. The van der Waals surface area contributed by atoms with Crippen LogP contribution >= 0.6 is 0 Å². The second-order valence-corrected chi connectivity index (χ2v) is 3.16. The van der Waals surface area contributed by atoms with Gasteiger partial charge >= 0.3 is 12.1 Å². The molecule has 1 amide bonds. The molecule has 0 aromatic heterocycles. The zero-order chi connectivity index (χ0) is 13.7. The number of benzene rings is 1. The van der Waals surface area contributed by atoms with E-state index in [0.29, 0.717) is 0 Å². The van der Waals surface area contributed by atoms with Gasteiger partial charge in [0.15, 0.2) is 5.75 Å². The fourth-order valence-corrected chi connectivity index (χ4v) is 1.21. The zero-order valence-electron chi connectivity index (χ0n) is 9.35. The van der Waals surface area contributed by atoms with Crippen molar-refractivity contribution in [2.75, 3.05) is 11.9 Å². The van der Waals surface area contributed by atoms with E-state index in [9.17, 15) is 23.7 Å². The summed E-state index contributed by atoms with van der Waals surface area (Å²) in [7, 11) is 0. The first-order valence-electron chi connectivity index (χ1n) is 4.96. The largest absolute Gasteiger partial charge is 0.487 e. The quantitative estimate of drug-likeness (QED) is 0.650. The first-order valence-corrected chi connectivity index (χ1v) is 4.96. The van der Waals surface area contributed by atoms with E-state index >= 15 is 0 Å². The van der Waals surface area contributed by atoms with Gasteiger partial charge in [0, 0.05) is 17.8 Å². The molecule has 1 aromatic rings. The van der Waals surface area contributed by atoms with Gasteiger partial charge < -0.3 is 10.1 Å². The third kappa shape index (κ3) is 3.37. The molecule has 0 aliphatic rings. The lowest BCUT2D eigenvalue weighted by atomic mass is 10.2. The summed E-state index contributed by atoms with van der Waals surface area (Å²) >= 11 is 0. The number of hydrogen-bond acceptors (Lipinski definition) is 4. The number of halogens is 2. The van der Waals surface area contributed by atoms with Crippen molar-refractivity contribution in [2.24, 2.45) is 0 Å². The molecule has 0 saturated heterocycles. The van der Waals surface area contributed by atoms with Crippen LogP contribution in [0.3, 0.4) is 0 Å². The number of carbonyl (C=O) groups excluding carboxylic acids is 1. The summed E-state index contributed by atoms with van der Waals surface area (Å²) in [6.45, 7) is 1.79. The molecule has 0 bridgehead atoms. The molecule has 8 heteroatoms. The molecule has 0 aliphatic carbocycles. The van der Waals surface area contributed by atoms with Crippen LogP contribution in [-0.2, 0) is 4.79 Å². The van der Waals surface area contributed by atoms with Gasteiger partial charge in [0.25, 0.3) is 5.91 Å². The van der Waals surface area contributed by atoms with Crippen LogP contribution < -0.4 is 10.1 Å². The lowest BCUT2D eigenvalue weighted by Crippen LogP contribution is -2.20. The van der Waals surface area contributed by atoms with Crippen molar-refractivity contribution in [1.82, 2.24) is 0 Å². The fourth-order valence-electron chi connectivity index (χ4n) is 1.21. The van der Waals surface area contributed by atoms with Crippen LogP contribution in [0.4, 0.5) is 20.2 Å². The molecular formula is C10H10F2N2O4. The Kier molecular flexibility index (Phi) is 4.52. The molecule has 1 N–H and O–H groups in total. The van der Waals surface area contributed by atoms with Gasteiger partial charge in [-0.15, -0.1) is 0 Å². The summed E-state index contributed by atoms with van der Waals surface area (Å²) in [6, 6.07) is 3.36. The van der Waals surface area contributed by atoms with Crippen LogP contribution in [0, 0.1) is 10.1 Å². The molecule has 0 heterocycles. The van der Waals surface area contributed by atoms with Crippen LogP contribution in [0.15, 0.2) is 18.2 Å². The van der Waals surface area contributed by atoms with Crippen molar-refractivity contribution in [3.05, 3.63) is 28.3 Å². The molecule has 0 saturated carbocycles. The Hall–Kier alpha value is -2.25. The van der Waals surface area contributed by atoms with Crippen molar-refractivity contribution < 1.29 is 23.2 Å². The second-order valence-electron chi connectivity index (χ2n) is 3.16. The van der Waals surface area contributed by atoms with Crippen LogP contribution in [0.5, 0.6) is 5.75 Å². The number of amides is 1. The predicted molar refractivity (Wildman–Crippen MR) is 58.9 cm³/mol. The maximum absolute atomic E-state index is 12.0. The Labute approximate surface area is 101 Å². The molecule has 1 aromatic carbocycles. The van der Waals surface area contributed by atoms with E-state index in [1.807, 2.05) is 5.32 Å². The Morgan fingerprint density at radius 1 is 1.56 bits per heavy atom. The lowest BCUT2D eigenvalue weighted by Gasteiger charge is -2.08. The summed E-state index contributed by atoms with van der Waals surface area (Å²) in [6.07, 6.45) is -3.16. The number of anilines is 1. The third-order valence-electron chi connectivity index (χ3n) is 1.92. The first-order chi connectivity index (χ1) is 8.45. The number of ether oxygens (including phenoxy) is 1. The van der Waals surface area contributed by atoms with Gasteiger partial charge in [-0.05, 0) is 13.0 Å². The average molecular weight is 260 g/mol. The van der Waals surface area contributed by atoms with Crippen LogP contribution in [-0.4, -0.2) is 23.9 Å². The van der Waals surface area contributed by atoms with Crippen LogP contribution in [0.25, 0.3) is 0 Å². The van der Waals surface area contributed by atoms with Crippen LogP contribution in [0.1, 0.15) is 6.92 Å². The maximum atomic E-state index is 12.0. The molecule has 0 aliphatic heterocycles. The SMILES string of the molecule is CCOc1cc(NC(=O)C(F)F)ccc1[N+](=O)[O-]. The van der Waals surface area contributed by atoms with Gasteiger partial charge in [0.05, 0.1) is 11.5 Å². The Morgan fingerprint density at radius 2 is 2.22 bits per heavy atom. The summed E-state index contributed by atoms with van der Waals surface area (Å²) in [4.78, 5) is 20.8. The lowest BCUT2D eigenvalue weighted by molar-refractivity contribution is -0.385. The number of nitrogens with zero attached hydrogens (tertiary/aromatic N) is 1. The van der Waals surface area contributed by atoms with Gasteiger partial charge in [0.1, 0.15) is 0 Å². The zero-order valence-corrected chi connectivity index (χ0v) is 9.35. The second kappa shape index (κ2) is 5.89. The summed E-state index contributed by atoms with van der Waals surface area (Å²) in [5.41, 5.74) is -0.291.